The second-order valence-corrected chi connectivity index (χ2v) is 7.46. The molecule has 0 radical (unpaired) electrons. The minimum atomic E-state index is -0.00370. The van der Waals surface area contributed by atoms with Crippen molar-refractivity contribution in [2.45, 2.75) is 20.3 Å². The van der Waals surface area contributed by atoms with E-state index in [2.05, 4.69) is 58.3 Å². The molecule has 0 aliphatic carbocycles. The topological polar surface area (TPSA) is 84.7 Å². The number of nitrogens with one attached hydrogen (secondary N) is 2. The molecule has 2 aromatic carbocycles. The van der Waals surface area contributed by atoms with Crippen molar-refractivity contribution in [3.05, 3.63) is 78.0 Å². The summed E-state index contributed by atoms with van der Waals surface area (Å²) in [4.78, 5) is 20.6. The smallest absolute Gasteiger partial charge is 0.229 e. The molecule has 31 heavy (non-hydrogen) atoms. The molecule has 7 nitrogen and oxygen atoms in total. The van der Waals surface area contributed by atoms with Crippen molar-refractivity contribution < 1.29 is 4.79 Å². The van der Waals surface area contributed by atoms with Crippen LogP contribution in [0.5, 0.6) is 0 Å². The third kappa shape index (κ3) is 4.30. The van der Waals surface area contributed by atoms with Crippen LogP contribution in [0.15, 0.2) is 61.3 Å². The van der Waals surface area contributed by atoms with Gasteiger partial charge in [0.1, 0.15) is 0 Å². The molecule has 0 bridgehead atoms. The van der Waals surface area contributed by atoms with Crippen molar-refractivity contribution >= 4 is 40.0 Å². The van der Waals surface area contributed by atoms with Gasteiger partial charge in [-0.25, -0.2) is 9.67 Å². The lowest BCUT2D eigenvalue weighted by Crippen LogP contribution is -2.00. The number of hydrogen-bond acceptors (Lipinski definition) is 6. The van der Waals surface area contributed by atoms with Crippen molar-refractivity contribution in [3.63, 3.8) is 0 Å². The van der Waals surface area contributed by atoms with Gasteiger partial charge in [0.2, 0.25) is 5.95 Å². The molecule has 2 heterocycles. The highest BCUT2D eigenvalue weighted by molar-refractivity contribution is 5.91. The number of benzene rings is 2. The Morgan fingerprint density at radius 2 is 1.81 bits per heavy atom. The number of nitrogens with zero attached hydrogens (tertiary/aromatic N) is 4. The number of allylic oxidation sites excluding steroid dienone is 1. The van der Waals surface area contributed by atoms with Crippen LogP contribution in [0.3, 0.4) is 0 Å². The fourth-order valence-electron chi connectivity index (χ4n) is 3.43. The highest BCUT2D eigenvalue weighted by atomic mass is 16.1. The molecule has 0 aliphatic heterocycles. The SMILES string of the molecule is C=CC(=O)Cc1ccc(Nc2ncc3c(Nc4c(C)cccc4C)nn(C)c3n2)cc1. The zero-order valence-electron chi connectivity index (χ0n) is 17.8. The number of hydrogen-bond donors (Lipinski definition) is 2. The molecule has 0 spiro atoms. The summed E-state index contributed by atoms with van der Waals surface area (Å²) in [6.45, 7) is 7.64. The first kappa shape index (κ1) is 20.3. The molecular weight excluding hydrogens is 388 g/mol. The fourth-order valence-corrected chi connectivity index (χ4v) is 3.43. The van der Waals surface area contributed by atoms with Gasteiger partial charge in [-0.1, -0.05) is 36.9 Å². The second kappa shape index (κ2) is 8.39. The molecule has 0 atom stereocenters. The van der Waals surface area contributed by atoms with Gasteiger partial charge >= 0.3 is 0 Å². The average Bonchev–Trinajstić information content (AvgIpc) is 3.07. The van der Waals surface area contributed by atoms with Gasteiger partial charge in [0, 0.05) is 31.0 Å². The van der Waals surface area contributed by atoms with Crippen LogP contribution >= 0.6 is 0 Å². The van der Waals surface area contributed by atoms with Crippen molar-refractivity contribution in [3.8, 4) is 0 Å². The highest BCUT2D eigenvalue weighted by Gasteiger charge is 2.14. The Bertz CT molecular complexity index is 1250. The molecule has 0 saturated heterocycles. The van der Waals surface area contributed by atoms with Gasteiger partial charge in [0.15, 0.2) is 17.2 Å². The monoisotopic (exact) mass is 412 g/mol. The molecular formula is C24H24N6O. The first-order valence-electron chi connectivity index (χ1n) is 9.99. The van der Waals surface area contributed by atoms with E-state index in [9.17, 15) is 4.79 Å². The zero-order chi connectivity index (χ0) is 22.0. The van der Waals surface area contributed by atoms with E-state index < -0.39 is 0 Å². The molecule has 0 unspecified atom stereocenters. The Hall–Kier alpha value is -4.00. The van der Waals surface area contributed by atoms with Crippen LogP contribution in [0.1, 0.15) is 16.7 Å². The standard InChI is InChI=1S/C24H24N6O/c1-5-19(31)13-17-9-11-18(12-10-17)26-24-25-14-20-22(29-30(4)23(20)28-24)27-21-15(2)7-6-8-16(21)3/h5-12,14H,1,13H2,2-4H3,(H,27,29)(H,25,26,28). The van der Waals surface area contributed by atoms with Crippen LogP contribution < -0.4 is 10.6 Å². The van der Waals surface area contributed by atoms with Gasteiger partial charge in [-0.05, 0) is 48.7 Å². The number of para-hydroxylation sites is 1. The van der Waals surface area contributed by atoms with Gasteiger partial charge in [-0.15, -0.1) is 0 Å². The summed E-state index contributed by atoms with van der Waals surface area (Å²) in [5.74, 6) is 1.19. The Balaban J connectivity index is 1.57. The molecule has 4 rings (SSSR count). The Morgan fingerprint density at radius 1 is 1.10 bits per heavy atom. The number of carbonyl (C=O) groups excluding carboxylic acids is 1. The number of rotatable bonds is 7. The molecule has 2 N–H and O–H groups in total. The highest BCUT2D eigenvalue weighted by Crippen LogP contribution is 2.28. The minimum absolute atomic E-state index is 0.00370. The predicted molar refractivity (Wildman–Crippen MR) is 124 cm³/mol. The normalized spacial score (nSPS) is 10.8. The maximum Gasteiger partial charge on any atom is 0.229 e. The van der Waals surface area contributed by atoms with Crippen LogP contribution in [0.2, 0.25) is 0 Å². The van der Waals surface area contributed by atoms with E-state index in [-0.39, 0.29) is 5.78 Å². The van der Waals surface area contributed by atoms with Gasteiger partial charge in [-0.2, -0.15) is 10.1 Å². The fraction of sp³-hybridized carbons (Fsp3) is 0.167. The number of fused-ring (bicyclic) bond motifs is 1. The summed E-state index contributed by atoms with van der Waals surface area (Å²) in [5, 5.41) is 12.1. The van der Waals surface area contributed by atoms with Crippen LogP contribution in [0.25, 0.3) is 11.0 Å². The Morgan fingerprint density at radius 3 is 2.48 bits per heavy atom. The van der Waals surface area contributed by atoms with Crippen LogP contribution in [-0.4, -0.2) is 25.5 Å². The van der Waals surface area contributed by atoms with Crippen molar-refractivity contribution in [2.75, 3.05) is 10.6 Å². The molecule has 4 aromatic rings. The summed E-state index contributed by atoms with van der Waals surface area (Å²) in [6.07, 6.45) is 3.45. The third-order valence-electron chi connectivity index (χ3n) is 5.12. The van der Waals surface area contributed by atoms with E-state index >= 15 is 0 Å². The number of aromatic nitrogens is 4. The summed E-state index contributed by atoms with van der Waals surface area (Å²) < 4.78 is 1.74. The Kier molecular flexibility index (Phi) is 5.49. The van der Waals surface area contributed by atoms with Gasteiger partial charge < -0.3 is 10.6 Å². The number of aryl methyl sites for hydroxylation is 3. The van der Waals surface area contributed by atoms with Gasteiger partial charge in [0.05, 0.1) is 5.39 Å². The van der Waals surface area contributed by atoms with Crippen LogP contribution in [0, 0.1) is 13.8 Å². The van der Waals surface area contributed by atoms with Crippen molar-refractivity contribution in [1.29, 1.82) is 0 Å². The lowest BCUT2D eigenvalue weighted by Gasteiger charge is -2.10. The molecule has 2 aromatic heterocycles. The van der Waals surface area contributed by atoms with E-state index in [0.717, 1.165) is 44.9 Å². The lowest BCUT2D eigenvalue weighted by atomic mass is 10.1. The number of carbonyl (C=O) groups is 1. The molecule has 156 valence electrons. The average molecular weight is 412 g/mol. The van der Waals surface area contributed by atoms with Crippen molar-refractivity contribution in [2.24, 2.45) is 7.05 Å². The van der Waals surface area contributed by atoms with Crippen molar-refractivity contribution in [1.82, 2.24) is 19.7 Å². The summed E-state index contributed by atoms with van der Waals surface area (Å²) in [7, 11) is 1.86. The van der Waals surface area contributed by atoms with Gasteiger partial charge in [0.25, 0.3) is 0 Å². The first-order chi connectivity index (χ1) is 14.9. The number of ketones is 1. The van der Waals surface area contributed by atoms with E-state index in [1.165, 1.54) is 6.08 Å². The predicted octanol–water partition coefficient (Wildman–Crippen LogP) is 4.76. The second-order valence-electron chi connectivity index (χ2n) is 7.46. The van der Waals surface area contributed by atoms with E-state index in [4.69, 9.17) is 0 Å². The van der Waals surface area contributed by atoms with E-state index in [1.807, 2.05) is 37.4 Å². The maximum atomic E-state index is 11.5. The quantitative estimate of drug-likeness (QED) is 0.426. The third-order valence-corrected chi connectivity index (χ3v) is 5.12. The summed E-state index contributed by atoms with van der Waals surface area (Å²) in [5.41, 5.74) is 5.83. The summed E-state index contributed by atoms with van der Waals surface area (Å²) in [6, 6.07) is 13.8. The summed E-state index contributed by atoms with van der Waals surface area (Å²) >= 11 is 0. The first-order valence-corrected chi connectivity index (χ1v) is 9.99. The molecule has 7 heteroatoms. The van der Waals surface area contributed by atoms with Gasteiger partial charge in [-0.3, -0.25) is 4.79 Å². The zero-order valence-corrected chi connectivity index (χ0v) is 17.8. The molecule has 0 amide bonds. The largest absolute Gasteiger partial charge is 0.338 e. The minimum Gasteiger partial charge on any atom is -0.338 e. The molecule has 0 fully saturated rings. The Labute approximate surface area is 180 Å². The maximum absolute atomic E-state index is 11.5. The van der Waals surface area contributed by atoms with E-state index in [1.54, 1.807) is 10.9 Å². The molecule has 0 aliphatic rings. The van der Waals surface area contributed by atoms with Crippen LogP contribution in [-0.2, 0) is 18.3 Å². The lowest BCUT2D eigenvalue weighted by molar-refractivity contribution is -0.114. The van der Waals surface area contributed by atoms with Crippen LogP contribution in [0.4, 0.5) is 23.1 Å². The molecule has 0 saturated carbocycles. The number of anilines is 4. The van der Waals surface area contributed by atoms with E-state index in [0.29, 0.717) is 12.4 Å².